The molecular weight excluding hydrogens is 450 g/mol. The molecule has 0 aliphatic carbocycles. The Labute approximate surface area is 205 Å². The Hall–Kier alpha value is -3.82. The summed E-state index contributed by atoms with van der Waals surface area (Å²) >= 11 is 0. The Kier molecular flexibility index (Phi) is 9.44. The van der Waals surface area contributed by atoms with Crippen LogP contribution < -0.4 is 26.6 Å². The molecule has 1 aromatic carbocycles. The number of ether oxygens (including phenoxy) is 1. The Balaban J connectivity index is 2.28. The molecule has 0 bridgehead atoms. The summed E-state index contributed by atoms with van der Waals surface area (Å²) in [6, 6.07) is 7.17. The maximum Gasteiger partial charge on any atom is 0.330 e. The number of hydrogen-bond donors (Lipinski definition) is 2. The zero-order valence-electron chi connectivity index (χ0n) is 21.2. The van der Waals surface area contributed by atoms with Gasteiger partial charge in [0, 0.05) is 26.2 Å². The molecule has 10 heteroatoms. The molecule has 2 aromatic rings. The summed E-state index contributed by atoms with van der Waals surface area (Å²) < 4.78 is 6.38. The molecule has 0 atom stereocenters. The van der Waals surface area contributed by atoms with Gasteiger partial charge in [-0.1, -0.05) is 39.8 Å². The summed E-state index contributed by atoms with van der Waals surface area (Å²) in [5.41, 5.74) is 5.57. The first-order chi connectivity index (χ1) is 16.4. The molecule has 0 spiro atoms. The van der Waals surface area contributed by atoms with Crippen LogP contribution in [0.3, 0.4) is 0 Å². The van der Waals surface area contributed by atoms with Gasteiger partial charge < -0.3 is 20.3 Å². The molecule has 0 aliphatic rings. The van der Waals surface area contributed by atoms with Crippen molar-refractivity contribution < 1.29 is 14.3 Å². The Morgan fingerprint density at radius 1 is 1.11 bits per heavy atom. The first-order valence-electron chi connectivity index (χ1n) is 11.4. The van der Waals surface area contributed by atoms with Gasteiger partial charge in [0.05, 0.1) is 7.11 Å². The number of nitrogens with two attached hydrogens (primary N) is 1. The van der Waals surface area contributed by atoms with E-state index in [1.807, 2.05) is 27.7 Å². The second-order valence-corrected chi connectivity index (χ2v) is 9.20. The number of carbonyl (C=O) groups is 2. The molecule has 3 N–H and O–H groups in total. The monoisotopic (exact) mass is 485 g/mol. The lowest BCUT2D eigenvalue weighted by atomic mass is 10.2. The number of benzene rings is 1. The van der Waals surface area contributed by atoms with Gasteiger partial charge in [0.25, 0.3) is 5.56 Å². The van der Waals surface area contributed by atoms with Crippen LogP contribution in [-0.4, -0.2) is 53.5 Å². The van der Waals surface area contributed by atoms with Crippen LogP contribution in [0.15, 0.2) is 39.9 Å². The molecule has 10 nitrogen and oxygen atoms in total. The molecule has 2 amide bonds. The van der Waals surface area contributed by atoms with Gasteiger partial charge in [-0.25, -0.2) is 4.79 Å². The largest absolute Gasteiger partial charge is 0.497 e. The van der Waals surface area contributed by atoms with Crippen molar-refractivity contribution in [3.63, 3.8) is 0 Å². The summed E-state index contributed by atoms with van der Waals surface area (Å²) in [6.45, 7) is 7.80. The van der Waals surface area contributed by atoms with Crippen molar-refractivity contribution in [2.75, 3.05) is 37.9 Å². The van der Waals surface area contributed by atoms with E-state index < -0.39 is 17.2 Å². The van der Waals surface area contributed by atoms with Crippen molar-refractivity contribution in [2.45, 2.75) is 34.2 Å². The van der Waals surface area contributed by atoms with Crippen molar-refractivity contribution in [3.8, 4) is 5.75 Å². The lowest BCUT2D eigenvalue weighted by molar-refractivity contribution is -0.130. The fourth-order valence-electron chi connectivity index (χ4n) is 3.44. The quantitative estimate of drug-likeness (QED) is 0.495. The second kappa shape index (κ2) is 12.0. The zero-order chi connectivity index (χ0) is 26.3. The minimum Gasteiger partial charge on any atom is -0.497 e. The molecule has 1 aromatic heterocycles. The van der Waals surface area contributed by atoms with E-state index in [1.54, 1.807) is 37.5 Å². The lowest BCUT2D eigenvalue weighted by Gasteiger charge is -2.28. The first kappa shape index (κ1) is 27.4. The standard InChI is InChI=1S/C25H35N5O5/c1-16(2)13-29(22-23(26)30(14-17(3)4)25(34)27-24(22)33)21(32)15-28(5)20(31)12-9-18-7-10-19(35-6)11-8-18/h7-12,16-17H,13-15,26H2,1-6H3,(H,27,33,34)/b12-9+. The van der Waals surface area contributed by atoms with E-state index in [9.17, 15) is 19.2 Å². The molecular formula is C25H35N5O5. The summed E-state index contributed by atoms with van der Waals surface area (Å²) in [5.74, 6) is -0.154. The summed E-state index contributed by atoms with van der Waals surface area (Å²) in [6.07, 6.45) is 3.00. The highest BCUT2D eigenvalue weighted by molar-refractivity contribution is 6.00. The van der Waals surface area contributed by atoms with Gasteiger partial charge in [-0.05, 0) is 35.6 Å². The number of carbonyl (C=O) groups excluding carboxylic acids is 2. The van der Waals surface area contributed by atoms with Gasteiger partial charge in [-0.3, -0.25) is 23.9 Å². The molecule has 0 saturated carbocycles. The minimum atomic E-state index is -0.741. The number of aromatic nitrogens is 2. The fraction of sp³-hybridized carbons (Fsp3) is 0.440. The SMILES string of the molecule is COc1ccc(/C=C/C(=O)N(C)CC(=O)N(CC(C)C)c2c(N)n(CC(C)C)c(=O)[nH]c2=O)cc1. The van der Waals surface area contributed by atoms with Crippen molar-refractivity contribution in [2.24, 2.45) is 11.8 Å². The molecule has 0 unspecified atom stereocenters. The van der Waals surface area contributed by atoms with E-state index in [2.05, 4.69) is 4.98 Å². The number of anilines is 2. The van der Waals surface area contributed by atoms with Crippen LogP contribution in [0.25, 0.3) is 6.08 Å². The number of methoxy groups -OCH3 is 1. The van der Waals surface area contributed by atoms with Crippen LogP contribution in [0.5, 0.6) is 5.75 Å². The summed E-state index contributed by atoms with van der Waals surface area (Å²) in [5, 5.41) is 0. The predicted molar refractivity (Wildman–Crippen MR) is 137 cm³/mol. The van der Waals surface area contributed by atoms with E-state index in [1.165, 1.54) is 27.5 Å². The highest BCUT2D eigenvalue weighted by atomic mass is 16.5. The van der Waals surface area contributed by atoms with Crippen molar-refractivity contribution in [1.29, 1.82) is 0 Å². The van der Waals surface area contributed by atoms with Crippen LogP contribution in [0.4, 0.5) is 11.5 Å². The molecule has 2 rings (SSSR count). The predicted octanol–water partition coefficient (Wildman–Crippen LogP) is 1.94. The fourth-order valence-corrected chi connectivity index (χ4v) is 3.44. The molecule has 0 aliphatic heterocycles. The number of H-pyrrole nitrogens is 1. The highest BCUT2D eigenvalue weighted by Crippen LogP contribution is 2.20. The van der Waals surface area contributed by atoms with Gasteiger partial charge in [-0.2, -0.15) is 0 Å². The van der Waals surface area contributed by atoms with E-state index in [0.717, 1.165) is 5.56 Å². The Morgan fingerprint density at radius 3 is 2.29 bits per heavy atom. The Morgan fingerprint density at radius 2 is 1.74 bits per heavy atom. The minimum absolute atomic E-state index is 0.000739. The number of nitrogen functional groups attached to an aromatic ring is 1. The van der Waals surface area contributed by atoms with Crippen molar-refractivity contribution in [3.05, 3.63) is 56.7 Å². The normalized spacial score (nSPS) is 11.3. The van der Waals surface area contributed by atoms with Crippen LogP contribution in [0.2, 0.25) is 0 Å². The summed E-state index contributed by atoms with van der Waals surface area (Å²) in [7, 11) is 3.07. The molecule has 1 heterocycles. The van der Waals surface area contributed by atoms with E-state index in [4.69, 9.17) is 10.5 Å². The van der Waals surface area contributed by atoms with Crippen LogP contribution >= 0.6 is 0 Å². The van der Waals surface area contributed by atoms with E-state index >= 15 is 0 Å². The summed E-state index contributed by atoms with van der Waals surface area (Å²) in [4.78, 5) is 55.7. The third-order valence-electron chi connectivity index (χ3n) is 5.16. The average Bonchev–Trinajstić information content (AvgIpc) is 2.79. The number of amides is 2. The lowest BCUT2D eigenvalue weighted by Crippen LogP contribution is -2.46. The van der Waals surface area contributed by atoms with Gasteiger partial charge in [0.2, 0.25) is 11.8 Å². The Bertz CT molecular complexity index is 1180. The molecule has 0 saturated heterocycles. The van der Waals surface area contributed by atoms with Gasteiger partial charge in [-0.15, -0.1) is 0 Å². The average molecular weight is 486 g/mol. The first-order valence-corrected chi connectivity index (χ1v) is 11.4. The van der Waals surface area contributed by atoms with Crippen molar-refractivity contribution in [1.82, 2.24) is 14.5 Å². The van der Waals surface area contributed by atoms with E-state index in [-0.39, 0.29) is 48.9 Å². The number of nitrogens with one attached hydrogen (secondary N) is 1. The number of likely N-dealkylation sites (N-methyl/N-ethyl adjacent to an activating group) is 1. The highest BCUT2D eigenvalue weighted by Gasteiger charge is 2.26. The maximum absolute atomic E-state index is 13.3. The molecule has 0 fully saturated rings. The van der Waals surface area contributed by atoms with Crippen LogP contribution in [0.1, 0.15) is 33.3 Å². The molecule has 190 valence electrons. The molecule has 0 radical (unpaired) electrons. The third kappa shape index (κ3) is 7.33. The second-order valence-electron chi connectivity index (χ2n) is 9.20. The maximum atomic E-state index is 13.3. The molecule has 35 heavy (non-hydrogen) atoms. The van der Waals surface area contributed by atoms with Crippen LogP contribution in [0, 0.1) is 11.8 Å². The third-order valence-corrected chi connectivity index (χ3v) is 5.16. The van der Waals surface area contributed by atoms with Gasteiger partial charge in [0.15, 0.2) is 5.69 Å². The van der Waals surface area contributed by atoms with Crippen LogP contribution in [-0.2, 0) is 16.1 Å². The van der Waals surface area contributed by atoms with Gasteiger partial charge in [0.1, 0.15) is 18.1 Å². The number of aromatic amines is 1. The van der Waals surface area contributed by atoms with E-state index in [0.29, 0.717) is 5.75 Å². The smallest absolute Gasteiger partial charge is 0.330 e. The zero-order valence-corrected chi connectivity index (χ0v) is 21.2. The number of hydrogen-bond acceptors (Lipinski definition) is 6. The topological polar surface area (TPSA) is 131 Å². The number of nitrogens with zero attached hydrogens (tertiary/aromatic N) is 3. The van der Waals surface area contributed by atoms with Gasteiger partial charge >= 0.3 is 5.69 Å². The number of rotatable bonds is 10. The van der Waals surface area contributed by atoms with Crippen molar-refractivity contribution >= 4 is 29.4 Å².